The zero-order valence-corrected chi connectivity index (χ0v) is 19.2. The number of hydrogen-bond donors (Lipinski definition) is 3. The second kappa shape index (κ2) is 10.6. The van der Waals surface area contributed by atoms with E-state index in [9.17, 15) is 25.4 Å². The smallest absolute Gasteiger partial charge is 0.278 e. The van der Waals surface area contributed by atoms with E-state index in [2.05, 4.69) is 20.6 Å². The fraction of sp³-hybridized carbons (Fsp3) is 0.350. The van der Waals surface area contributed by atoms with Crippen molar-refractivity contribution < 1.29 is 25.0 Å². The van der Waals surface area contributed by atoms with Gasteiger partial charge in [-0.15, -0.1) is 0 Å². The van der Waals surface area contributed by atoms with Gasteiger partial charge in [-0.25, -0.2) is 15.5 Å². The summed E-state index contributed by atoms with van der Waals surface area (Å²) in [5.41, 5.74) is 3.40. The second-order valence-corrected chi connectivity index (χ2v) is 7.58. The molecular formula is C20H24N8O7. The minimum Gasteiger partial charge on any atom is -0.479 e. The number of nitro benzene ring substituents is 2. The van der Waals surface area contributed by atoms with E-state index < -0.39 is 9.85 Å². The molecule has 1 aromatic heterocycles. The average Bonchev–Trinajstić information content (AvgIpc) is 2.86. The van der Waals surface area contributed by atoms with E-state index >= 15 is 0 Å². The molecule has 1 aliphatic rings. The van der Waals surface area contributed by atoms with Crippen LogP contribution in [0, 0.1) is 27.2 Å². The number of oxime groups is 1. The van der Waals surface area contributed by atoms with Crippen molar-refractivity contribution in [2.45, 2.75) is 13.8 Å². The van der Waals surface area contributed by atoms with Crippen molar-refractivity contribution in [2.75, 3.05) is 38.2 Å². The first-order valence-electron chi connectivity index (χ1n) is 10.4. The highest BCUT2D eigenvalue weighted by atomic mass is 16.6. The number of benzene rings is 1. The lowest BCUT2D eigenvalue weighted by Gasteiger charge is -2.36. The van der Waals surface area contributed by atoms with Gasteiger partial charge in [0.05, 0.1) is 40.1 Å². The van der Waals surface area contributed by atoms with Gasteiger partial charge in [-0.3, -0.25) is 25.4 Å². The van der Waals surface area contributed by atoms with Gasteiger partial charge in [0.2, 0.25) is 11.8 Å². The van der Waals surface area contributed by atoms with Crippen LogP contribution in [0.5, 0.6) is 5.88 Å². The number of guanidine groups is 1. The average molecular weight is 488 g/mol. The van der Waals surface area contributed by atoms with Gasteiger partial charge in [0.1, 0.15) is 5.69 Å². The zero-order chi connectivity index (χ0) is 25.7. The third-order valence-electron chi connectivity index (χ3n) is 5.47. The van der Waals surface area contributed by atoms with Crippen molar-refractivity contribution in [2.24, 2.45) is 10.1 Å². The highest BCUT2D eigenvalue weighted by molar-refractivity contribution is 6.00. The molecule has 0 aliphatic carbocycles. The third kappa shape index (κ3) is 5.52. The number of piperazine rings is 1. The lowest BCUT2D eigenvalue weighted by Crippen LogP contribution is -2.52. The van der Waals surface area contributed by atoms with Crippen LogP contribution in [0.1, 0.15) is 18.2 Å². The molecule has 15 heteroatoms. The summed E-state index contributed by atoms with van der Waals surface area (Å²) in [5.74, 6) is 0.301. The van der Waals surface area contributed by atoms with Crippen LogP contribution < -0.4 is 15.1 Å². The van der Waals surface area contributed by atoms with Gasteiger partial charge >= 0.3 is 0 Å². The Hall–Kier alpha value is -4.53. The van der Waals surface area contributed by atoms with Gasteiger partial charge < -0.3 is 19.7 Å². The first kappa shape index (κ1) is 25.1. The molecule has 186 valence electrons. The normalized spacial score (nSPS) is 14.6. The predicted octanol–water partition coefficient (Wildman–Crippen LogP) is 2.20. The number of ether oxygens (including phenoxy) is 1. The van der Waals surface area contributed by atoms with Crippen LogP contribution in [0.15, 0.2) is 34.4 Å². The fourth-order valence-electron chi connectivity index (χ4n) is 3.65. The molecule has 0 saturated carbocycles. The summed E-state index contributed by atoms with van der Waals surface area (Å²) >= 11 is 0. The van der Waals surface area contributed by atoms with E-state index in [0.29, 0.717) is 48.8 Å². The van der Waals surface area contributed by atoms with Crippen LogP contribution in [0.2, 0.25) is 0 Å². The number of methoxy groups -OCH3 is 1. The van der Waals surface area contributed by atoms with Crippen molar-refractivity contribution in [3.8, 4) is 5.88 Å². The number of aryl methyl sites for hydroxylation is 1. The van der Waals surface area contributed by atoms with Crippen molar-refractivity contribution in [1.82, 2.24) is 15.4 Å². The van der Waals surface area contributed by atoms with Crippen molar-refractivity contribution in [3.05, 3.63) is 55.8 Å². The summed E-state index contributed by atoms with van der Waals surface area (Å²) < 4.78 is 5.30. The molecule has 2 aromatic rings. The Balaban J connectivity index is 1.85. The minimum absolute atomic E-state index is 0.100. The Bertz CT molecular complexity index is 1160. The molecular weight excluding hydrogens is 464 g/mol. The molecule has 0 radical (unpaired) electrons. The van der Waals surface area contributed by atoms with Gasteiger partial charge in [0.15, 0.2) is 0 Å². The van der Waals surface area contributed by atoms with Crippen LogP contribution in [-0.4, -0.2) is 75.1 Å². The number of anilines is 1. The van der Waals surface area contributed by atoms with E-state index in [1.54, 1.807) is 29.7 Å². The SMILES string of the molecule is COc1nc(C)c(C(C)=NO)cc1N=C(NO)N1CCN(c2cc([N+](=O)[O-])cc([N+](=O)[O-])c2)CC1. The van der Waals surface area contributed by atoms with Gasteiger partial charge in [-0.05, 0) is 19.9 Å². The standard InChI is InChI=1S/C20H24N8O7/c1-12-17(13(2)23-29)11-18(19(21-12)35-3)22-20(24-30)26-6-4-25(5-7-26)14-8-15(27(31)32)10-16(9-14)28(33)34/h8-11,29-30H,4-7H2,1-3H3,(H,22,24). The van der Waals surface area contributed by atoms with Crippen molar-refractivity contribution in [3.63, 3.8) is 0 Å². The summed E-state index contributed by atoms with van der Waals surface area (Å²) in [6, 6.07) is 5.11. The van der Waals surface area contributed by atoms with Gasteiger partial charge in [0.25, 0.3) is 11.4 Å². The number of nitrogens with one attached hydrogen (secondary N) is 1. The number of hydrogen-bond acceptors (Lipinski definition) is 11. The van der Waals surface area contributed by atoms with Gasteiger partial charge in [0, 0.05) is 43.9 Å². The van der Waals surface area contributed by atoms with E-state index in [4.69, 9.17) is 9.94 Å². The predicted molar refractivity (Wildman–Crippen MR) is 125 cm³/mol. The Morgan fingerprint density at radius 1 is 1.11 bits per heavy atom. The minimum atomic E-state index is -0.673. The lowest BCUT2D eigenvalue weighted by atomic mass is 10.1. The Kier molecular flexibility index (Phi) is 7.60. The molecule has 0 spiro atoms. The number of rotatable bonds is 6. The summed E-state index contributed by atoms with van der Waals surface area (Å²) in [6.07, 6.45) is 0. The highest BCUT2D eigenvalue weighted by Crippen LogP contribution is 2.30. The molecule has 0 atom stereocenters. The van der Waals surface area contributed by atoms with E-state index in [1.165, 1.54) is 19.2 Å². The molecule has 15 nitrogen and oxygen atoms in total. The van der Waals surface area contributed by atoms with Crippen LogP contribution in [0.4, 0.5) is 22.7 Å². The summed E-state index contributed by atoms with van der Waals surface area (Å²) in [5, 5.41) is 44.5. The topological polar surface area (TPSA) is 192 Å². The summed E-state index contributed by atoms with van der Waals surface area (Å²) in [7, 11) is 1.43. The molecule has 3 rings (SSSR count). The molecule has 0 amide bonds. The second-order valence-electron chi connectivity index (χ2n) is 7.58. The molecule has 1 saturated heterocycles. The number of non-ortho nitro benzene ring substituents is 2. The Morgan fingerprint density at radius 3 is 2.20 bits per heavy atom. The Labute approximate surface area is 199 Å². The monoisotopic (exact) mass is 488 g/mol. The fourth-order valence-corrected chi connectivity index (χ4v) is 3.65. The maximum atomic E-state index is 11.2. The quantitative estimate of drug-likeness (QED) is 0.177. The number of pyridine rings is 1. The first-order chi connectivity index (χ1) is 16.7. The number of aromatic nitrogens is 1. The van der Waals surface area contributed by atoms with Crippen molar-refractivity contribution >= 4 is 34.4 Å². The van der Waals surface area contributed by atoms with E-state index in [0.717, 1.165) is 6.07 Å². The maximum absolute atomic E-state index is 11.2. The van der Waals surface area contributed by atoms with E-state index in [-0.39, 0.29) is 28.9 Å². The molecule has 0 bridgehead atoms. The van der Waals surface area contributed by atoms with E-state index in [1.807, 2.05) is 0 Å². The largest absolute Gasteiger partial charge is 0.479 e. The molecule has 2 heterocycles. The lowest BCUT2D eigenvalue weighted by molar-refractivity contribution is -0.394. The summed E-state index contributed by atoms with van der Waals surface area (Å²) in [6.45, 7) is 4.71. The summed E-state index contributed by atoms with van der Waals surface area (Å²) in [4.78, 5) is 33.3. The number of nitrogens with zero attached hydrogens (tertiary/aromatic N) is 7. The first-order valence-corrected chi connectivity index (χ1v) is 10.4. The number of aliphatic imine (C=N–C) groups is 1. The van der Waals surface area contributed by atoms with Crippen LogP contribution >= 0.6 is 0 Å². The van der Waals surface area contributed by atoms with Gasteiger partial charge in [-0.1, -0.05) is 5.16 Å². The van der Waals surface area contributed by atoms with Crippen LogP contribution in [0.25, 0.3) is 0 Å². The molecule has 1 aliphatic heterocycles. The maximum Gasteiger partial charge on any atom is 0.278 e. The molecule has 35 heavy (non-hydrogen) atoms. The van der Waals surface area contributed by atoms with Crippen LogP contribution in [-0.2, 0) is 0 Å². The third-order valence-corrected chi connectivity index (χ3v) is 5.47. The number of nitro groups is 2. The Morgan fingerprint density at radius 2 is 1.71 bits per heavy atom. The molecule has 1 aromatic carbocycles. The van der Waals surface area contributed by atoms with Crippen LogP contribution in [0.3, 0.4) is 0 Å². The van der Waals surface area contributed by atoms with Gasteiger partial charge in [-0.2, -0.15) is 0 Å². The molecule has 1 fully saturated rings. The number of hydroxylamine groups is 1. The molecule has 3 N–H and O–H groups in total. The molecule has 0 unspecified atom stereocenters. The zero-order valence-electron chi connectivity index (χ0n) is 19.2. The van der Waals surface area contributed by atoms with Crippen molar-refractivity contribution in [1.29, 1.82) is 0 Å². The highest BCUT2D eigenvalue weighted by Gasteiger charge is 2.25.